The summed E-state index contributed by atoms with van der Waals surface area (Å²) in [6, 6.07) is 5.91. The summed E-state index contributed by atoms with van der Waals surface area (Å²) in [6.07, 6.45) is 6.51. The first-order valence-corrected chi connectivity index (χ1v) is 6.99. The van der Waals surface area contributed by atoms with Crippen LogP contribution in [0.3, 0.4) is 0 Å². The largest absolute Gasteiger partial charge is 0.508 e. The summed E-state index contributed by atoms with van der Waals surface area (Å²) in [5.41, 5.74) is 0.964. The molecule has 0 unspecified atom stereocenters. The predicted molar refractivity (Wildman–Crippen MR) is 71.8 cm³/mol. The van der Waals surface area contributed by atoms with Gasteiger partial charge in [0, 0.05) is 6.04 Å². The number of thiazole rings is 1. The maximum Gasteiger partial charge on any atom is 0.184 e. The van der Waals surface area contributed by atoms with E-state index in [9.17, 15) is 5.11 Å². The van der Waals surface area contributed by atoms with E-state index in [0.29, 0.717) is 11.8 Å². The smallest absolute Gasteiger partial charge is 0.184 e. The highest BCUT2D eigenvalue weighted by molar-refractivity contribution is 7.22. The highest BCUT2D eigenvalue weighted by Crippen LogP contribution is 2.30. The number of phenols is 1. The minimum atomic E-state index is 0.311. The van der Waals surface area contributed by atoms with Crippen molar-refractivity contribution in [2.24, 2.45) is 0 Å². The van der Waals surface area contributed by atoms with Crippen LogP contribution in [0.1, 0.15) is 32.1 Å². The molecule has 0 radical (unpaired) electrons. The molecule has 0 amide bonds. The van der Waals surface area contributed by atoms with E-state index in [4.69, 9.17) is 0 Å². The predicted octanol–water partition coefficient (Wildman–Crippen LogP) is 3.75. The average Bonchev–Trinajstić information content (AvgIpc) is 2.71. The Balaban J connectivity index is 1.80. The zero-order chi connectivity index (χ0) is 11.7. The first-order valence-electron chi connectivity index (χ1n) is 6.17. The second-order valence-corrected chi connectivity index (χ2v) is 5.68. The second kappa shape index (κ2) is 4.53. The van der Waals surface area contributed by atoms with Gasteiger partial charge in [-0.25, -0.2) is 4.98 Å². The number of anilines is 1. The van der Waals surface area contributed by atoms with Crippen molar-refractivity contribution in [3.8, 4) is 5.75 Å². The Morgan fingerprint density at radius 3 is 2.88 bits per heavy atom. The van der Waals surface area contributed by atoms with Crippen LogP contribution in [0.4, 0.5) is 5.13 Å². The van der Waals surface area contributed by atoms with Crippen LogP contribution in [0.5, 0.6) is 5.75 Å². The van der Waals surface area contributed by atoms with Crippen molar-refractivity contribution in [3.63, 3.8) is 0 Å². The van der Waals surface area contributed by atoms with Crippen molar-refractivity contribution in [1.29, 1.82) is 0 Å². The molecular formula is C13H16N2OS. The highest BCUT2D eigenvalue weighted by atomic mass is 32.1. The minimum absolute atomic E-state index is 0.311. The molecule has 2 N–H and O–H groups in total. The number of benzene rings is 1. The van der Waals surface area contributed by atoms with E-state index in [1.54, 1.807) is 23.5 Å². The highest BCUT2D eigenvalue weighted by Gasteiger charge is 2.14. The van der Waals surface area contributed by atoms with Gasteiger partial charge in [-0.3, -0.25) is 0 Å². The quantitative estimate of drug-likeness (QED) is 0.850. The molecule has 4 heteroatoms. The van der Waals surface area contributed by atoms with E-state index >= 15 is 0 Å². The van der Waals surface area contributed by atoms with Crippen LogP contribution < -0.4 is 5.32 Å². The number of phenolic OH excluding ortho intramolecular Hbond substituents is 1. The van der Waals surface area contributed by atoms with E-state index in [-0.39, 0.29) is 0 Å². The molecule has 0 bridgehead atoms. The summed E-state index contributed by atoms with van der Waals surface area (Å²) in [6.45, 7) is 0. The zero-order valence-electron chi connectivity index (χ0n) is 9.65. The molecule has 1 fully saturated rings. The summed E-state index contributed by atoms with van der Waals surface area (Å²) in [5, 5.41) is 13.9. The lowest BCUT2D eigenvalue weighted by molar-refractivity contribution is 0.462. The Labute approximate surface area is 105 Å². The molecule has 1 aromatic carbocycles. The third-order valence-electron chi connectivity index (χ3n) is 3.30. The normalized spacial score (nSPS) is 17.4. The first kappa shape index (κ1) is 10.8. The molecule has 90 valence electrons. The molecule has 1 aromatic heterocycles. The molecule has 1 saturated carbocycles. The van der Waals surface area contributed by atoms with Crippen LogP contribution in [-0.2, 0) is 0 Å². The van der Waals surface area contributed by atoms with Gasteiger partial charge in [0.25, 0.3) is 0 Å². The number of hydrogen-bond acceptors (Lipinski definition) is 4. The van der Waals surface area contributed by atoms with Crippen LogP contribution in [0, 0.1) is 0 Å². The summed E-state index contributed by atoms with van der Waals surface area (Å²) < 4.78 is 1.04. The van der Waals surface area contributed by atoms with Gasteiger partial charge in [0.15, 0.2) is 5.13 Å². The third kappa shape index (κ3) is 2.36. The van der Waals surface area contributed by atoms with Gasteiger partial charge in [-0.2, -0.15) is 0 Å². The Bertz CT molecular complexity index is 517. The van der Waals surface area contributed by atoms with Gasteiger partial charge < -0.3 is 10.4 Å². The van der Waals surface area contributed by atoms with Gasteiger partial charge in [0.05, 0.1) is 10.2 Å². The molecule has 3 nitrogen and oxygen atoms in total. The van der Waals surface area contributed by atoms with Crippen molar-refractivity contribution in [2.75, 3.05) is 5.32 Å². The van der Waals surface area contributed by atoms with Gasteiger partial charge in [-0.05, 0) is 31.0 Å². The van der Waals surface area contributed by atoms with Crippen LogP contribution in [-0.4, -0.2) is 16.1 Å². The Morgan fingerprint density at radius 2 is 2.06 bits per heavy atom. The molecule has 17 heavy (non-hydrogen) atoms. The molecule has 0 spiro atoms. The number of rotatable bonds is 2. The number of nitrogens with one attached hydrogen (secondary N) is 1. The third-order valence-corrected chi connectivity index (χ3v) is 4.25. The lowest BCUT2D eigenvalue weighted by atomic mass is 9.96. The van der Waals surface area contributed by atoms with Gasteiger partial charge in [0.1, 0.15) is 5.75 Å². The lowest BCUT2D eigenvalue weighted by Crippen LogP contribution is -2.21. The van der Waals surface area contributed by atoms with E-state index in [2.05, 4.69) is 10.3 Å². The maximum atomic E-state index is 9.42. The molecule has 1 aliphatic rings. The molecular weight excluding hydrogens is 232 g/mol. The first-order chi connectivity index (χ1) is 8.31. The number of aromatic hydroxyl groups is 1. The summed E-state index contributed by atoms with van der Waals surface area (Å²) in [4.78, 5) is 4.54. The summed E-state index contributed by atoms with van der Waals surface area (Å²) in [5.74, 6) is 0.311. The molecule has 2 aromatic rings. The standard InChI is InChI=1S/C13H16N2OS/c16-10-6-7-11-12(8-10)17-13(15-11)14-9-4-2-1-3-5-9/h6-9,16H,1-5H2,(H,14,15). The number of fused-ring (bicyclic) bond motifs is 1. The SMILES string of the molecule is Oc1ccc2nc(NC3CCCCC3)sc2c1. The Kier molecular flexibility index (Phi) is 2.89. The molecule has 1 aliphatic carbocycles. The van der Waals surface area contributed by atoms with E-state index in [1.165, 1.54) is 32.1 Å². The van der Waals surface area contributed by atoms with Crippen LogP contribution in [0.2, 0.25) is 0 Å². The van der Waals surface area contributed by atoms with Gasteiger partial charge in [-0.1, -0.05) is 30.6 Å². The van der Waals surface area contributed by atoms with E-state index in [1.807, 2.05) is 6.07 Å². The Morgan fingerprint density at radius 1 is 1.24 bits per heavy atom. The van der Waals surface area contributed by atoms with E-state index < -0.39 is 0 Å². The van der Waals surface area contributed by atoms with E-state index in [0.717, 1.165) is 15.3 Å². The molecule has 0 aliphatic heterocycles. The summed E-state index contributed by atoms with van der Waals surface area (Å²) in [7, 11) is 0. The molecule has 1 heterocycles. The zero-order valence-corrected chi connectivity index (χ0v) is 10.5. The van der Waals surface area contributed by atoms with Crippen molar-refractivity contribution < 1.29 is 5.11 Å². The topological polar surface area (TPSA) is 45.2 Å². The number of aromatic nitrogens is 1. The van der Waals surface area contributed by atoms with Gasteiger partial charge in [-0.15, -0.1) is 0 Å². The van der Waals surface area contributed by atoms with Crippen LogP contribution in [0.25, 0.3) is 10.2 Å². The monoisotopic (exact) mass is 248 g/mol. The molecule has 0 atom stereocenters. The fourth-order valence-corrected chi connectivity index (χ4v) is 3.37. The van der Waals surface area contributed by atoms with Gasteiger partial charge >= 0.3 is 0 Å². The maximum absolute atomic E-state index is 9.42. The number of nitrogens with zero attached hydrogens (tertiary/aromatic N) is 1. The van der Waals surface area contributed by atoms with Crippen LogP contribution >= 0.6 is 11.3 Å². The fraction of sp³-hybridized carbons (Fsp3) is 0.462. The fourth-order valence-electron chi connectivity index (χ4n) is 2.40. The van der Waals surface area contributed by atoms with Crippen molar-refractivity contribution in [3.05, 3.63) is 18.2 Å². The van der Waals surface area contributed by atoms with Crippen molar-refractivity contribution >= 4 is 26.7 Å². The lowest BCUT2D eigenvalue weighted by Gasteiger charge is -2.22. The summed E-state index contributed by atoms with van der Waals surface area (Å²) >= 11 is 1.62. The van der Waals surface area contributed by atoms with Crippen molar-refractivity contribution in [2.45, 2.75) is 38.1 Å². The average molecular weight is 248 g/mol. The van der Waals surface area contributed by atoms with Gasteiger partial charge in [0.2, 0.25) is 0 Å². The second-order valence-electron chi connectivity index (χ2n) is 4.65. The Hall–Kier alpha value is -1.29. The van der Waals surface area contributed by atoms with Crippen LogP contribution in [0.15, 0.2) is 18.2 Å². The van der Waals surface area contributed by atoms with Crippen molar-refractivity contribution in [1.82, 2.24) is 4.98 Å². The molecule has 0 saturated heterocycles. The number of hydrogen-bond donors (Lipinski definition) is 2. The molecule has 3 rings (SSSR count). The minimum Gasteiger partial charge on any atom is -0.508 e.